The average Bonchev–Trinajstić information content (AvgIpc) is 2.77. The van der Waals surface area contributed by atoms with E-state index in [9.17, 15) is 23.1 Å². The lowest BCUT2D eigenvalue weighted by Crippen LogP contribution is -2.40. The number of alkyl halides is 3. The highest BCUT2D eigenvalue weighted by Gasteiger charge is 2.30. The van der Waals surface area contributed by atoms with Crippen molar-refractivity contribution in [2.45, 2.75) is 18.6 Å². The third-order valence-corrected chi connectivity index (χ3v) is 2.89. The van der Waals surface area contributed by atoms with Gasteiger partial charge < -0.3 is 20.1 Å². The number of halogens is 3. The number of anilines is 1. The Kier molecular flexibility index (Phi) is 3.50. The van der Waals surface area contributed by atoms with Crippen LogP contribution in [-0.4, -0.2) is 35.1 Å². The Labute approximate surface area is 107 Å². The smallest absolute Gasteiger partial charge is 0.417 e. The van der Waals surface area contributed by atoms with Gasteiger partial charge in [-0.3, -0.25) is 0 Å². The molecule has 1 aliphatic rings. The summed E-state index contributed by atoms with van der Waals surface area (Å²) in [6.45, 7) is 0.589. The molecule has 0 saturated carbocycles. The van der Waals surface area contributed by atoms with Gasteiger partial charge in [0.1, 0.15) is 11.9 Å². The largest absolute Gasteiger partial charge is 0.530 e. The van der Waals surface area contributed by atoms with Gasteiger partial charge in [0.25, 0.3) is 0 Å². The summed E-state index contributed by atoms with van der Waals surface area (Å²) >= 11 is 0. The number of likely N-dealkylation sites (tertiary alicyclic amines) is 1. The Morgan fingerprint density at radius 1 is 1.47 bits per heavy atom. The second kappa shape index (κ2) is 4.94. The zero-order valence-electron chi connectivity index (χ0n) is 9.78. The van der Waals surface area contributed by atoms with Crippen LogP contribution in [0.3, 0.4) is 0 Å². The predicted molar refractivity (Wildman–Crippen MR) is 58.2 cm³/mol. The van der Waals surface area contributed by atoms with E-state index in [4.69, 9.17) is 0 Å². The first kappa shape index (κ1) is 13.4. The fourth-order valence-electron chi connectivity index (χ4n) is 1.90. The highest BCUT2D eigenvalue weighted by Crippen LogP contribution is 2.29. The van der Waals surface area contributed by atoms with E-state index in [0.717, 1.165) is 17.2 Å². The van der Waals surface area contributed by atoms with Gasteiger partial charge in [0.2, 0.25) is 0 Å². The molecule has 5 nitrogen and oxygen atoms in total. The number of hydrogen-bond donors (Lipinski definition) is 1. The zero-order chi connectivity index (χ0) is 14.0. The van der Waals surface area contributed by atoms with Crippen molar-refractivity contribution < 1.29 is 23.1 Å². The van der Waals surface area contributed by atoms with Crippen molar-refractivity contribution in [3.05, 3.63) is 23.9 Å². The monoisotopic (exact) mass is 274 g/mol. The van der Waals surface area contributed by atoms with Crippen molar-refractivity contribution in [1.29, 1.82) is 0 Å². The number of rotatable bonds is 2. The third-order valence-electron chi connectivity index (χ3n) is 2.89. The molecule has 0 aromatic carbocycles. The quantitative estimate of drug-likeness (QED) is 0.871. The molecule has 1 aromatic rings. The number of carbonyl (C=O) groups excluding carboxylic acids is 1. The van der Waals surface area contributed by atoms with Gasteiger partial charge >= 0.3 is 6.18 Å². The van der Waals surface area contributed by atoms with Gasteiger partial charge in [-0.2, -0.15) is 13.2 Å². The van der Waals surface area contributed by atoms with E-state index in [1.54, 1.807) is 0 Å². The Balaban J connectivity index is 1.96. The van der Waals surface area contributed by atoms with Crippen molar-refractivity contribution >= 4 is 11.9 Å². The van der Waals surface area contributed by atoms with Crippen molar-refractivity contribution in [3.8, 4) is 0 Å². The van der Waals surface area contributed by atoms with Crippen LogP contribution in [0.2, 0.25) is 0 Å². The molecule has 1 saturated heterocycles. The van der Waals surface area contributed by atoms with Gasteiger partial charge in [-0.05, 0) is 18.6 Å². The minimum absolute atomic E-state index is 0.165. The van der Waals surface area contributed by atoms with E-state index in [1.165, 1.54) is 6.07 Å². The molecule has 0 bridgehead atoms. The molecule has 0 radical (unpaired) electrons. The fraction of sp³-hybridized carbons (Fsp3) is 0.455. The highest BCUT2D eigenvalue weighted by molar-refractivity contribution is 5.63. The first-order chi connectivity index (χ1) is 8.86. The summed E-state index contributed by atoms with van der Waals surface area (Å²) < 4.78 is 37.0. The van der Waals surface area contributed by atoms with Gasteiger partial charge in [0, 0.05) is 25.3 Å². The number of hydrogen-bond acceptors (Lipinski definition) is 4. The average molecular weight is 274 g/mol. The SMILES string of the molecule is O=C([O-])N1CCC(Nc2ccc(C(F)(F)F)cn2)C1. The van der Waals surface area contributed by atoms with Gasteiger partial charge in [-0.1, -0.05) is 0 Å². The molecule has 1 amide bonds. The standard InChI is InChI=1S/C11H12F3N3O2/c12-11(13,14)7-1-2-9(15-5-7)16-8-3-4-17(6-8)10(18)19/h1-2,5,8H,3-4,6H2,(H,15,16)(H,18,19)/p-1. The predicted octanol–water partition coefficient (Wildman–Crippen LogP) is 0.930. The van der Waals surface area contributed by atoms with Crippen LogP contribution in [0, 0.1) is 0 Å². The molecule has 1 aliphatic heterocycles. The number of carbonyl (C=O) groups is 1. The lowest BCUT2D eigenvalue weighted by molar-refractivity contribution is -0.264. The second-order valence-electron chi connectivity index (χ2n) is 4.27. The third kappa shape index (κ3) is 3.27. The summed E-state index contributed by atoms with van der Waals surface area (Å²) in [5.41, 5.74) is -0.819. The van der Waals surface area contributed by atoms with Crippen LogP contribution in [0.15, 0.2) is 18.3 Å². The fourth-order valence-corrected chi connectivity index (χ4v) is 1.90. The molecule has 8 heteroatoms. The molecular weight excluding hydrogens is 263 g/mol. The molecule has 104 valence electrons. The molecule has 1 aromatic heterocycles. The summed E-state index contributed by atoms with van der Waals surface area (Å²) in [7, 11) is 0. The van der Waals surface area contributed by atoms with E-state index in [0.29, 0.717) is 13.0 Å². The maximum absolute atomic E-state index is 12.3. The van der Waals surface area contributed by atoms with Crippen LogP contribution < -0.4 is 10.4 Å². The van der Waals surface area contributed by atoms with Gasteiger partial charge in [0.15, 0.2) is 0 Å². The van der Waals surface area contributed by atoms with Crippen molar-refractivity contribution in [2.75, 3.05) is 18.4 Å². The minimum atomic E-state index is -4.41. The molecule has 1 unspecified atom stereocenters. The molecule has 2 rings (SSSR count). The molecule has 2 heterocycles. The van der Waals surface area contributed by atoms with Crippen molar-refractivity contribution in [1.82, 2.24) is 9.88 Å². The van der Waals surface area contributed by atoms with Crippen LogP contribution in [-0.2, 0) is 6.18 Å². The second-order valence-corrected chi connectivity index (χ2v) is 4.27. The zero-order valence-corrected chi connectivity index (χ0v) is 9.78. The molecule has 1 fully saturated rings. The summed E-state index contributed by atoms with van der Waals surface area (Å²) in [6, 6.07) is 1.99. The summed E-state index contributed by atoms with van der Waals surface area (Å²) in [5, 5.41) is 13.5. The molecule has 1 N–H and O–H groups in total. The van der Waals surface area contributed by atoms with E-state index in [1.807, 2.05) is 0 Å². The lowest BCUT2D eigenvalue weighted by Gasteiger charge is -2.19. The van der Waals surface area contributed by atoms with Crippen LogP contribution in [0.25, 0.3) is 0 Å². The molecule has 0 aliphatic carbocycles. The van der Waals surface area contributed by atoms with E-state index in [2.05, 4.69) is 10.3 Å². The lowest BCUT2D eigenvalue weighted by atomic mass is 10.2. The normalized spacial score (nSPS) is 19.5. The van der Waals surface area contributed by atoms with Gasteiger partial charge in [-0.25, -0.2) is 4.98 Å². The van der Waals surface area contributed by atoms with Crippen LogP contribution in [0.5, 0.6) is 0 Å². The Hall–Kier alpha value is -1.99. The van der Waals surface area contributed by atoms with Gasteiger partial charge in [-0.15, -0.1) is 0 Å². The maximum atomic E-state index is 12.3. The first-order valence-electron chi connectivity index (χ1n) is 5.62. The highest BCUT2D eigenvalue weighted by atomic mass is 19.4. The van der Waals surface area contributed by atoms with Gasteiger partial charge in [0.05, 0.1) is 5.56 Å². The maximum Gasteiger partial charge on any atom is 0.417 e. The van der Waals surface area contributed by atoms with Crippen molar-refractivity contribution in [2.24, 2.45) is 0 Å². The summed E-state index contributed by atoms with van der Waals surface area (Å²) in [6.07, 6.45) is -4.35. The van der Waals surface area contributed by atoms with Crippen LogP contribution in [0.4, 0.5) is 23.8 Å². The summed E-state index contributed by atoms with van der Waals surface area (Å²) in [4.78, 5) is 15.4. The number of pyridine rings is 1. The van der Waals surface area contributed by atoms with E-state index < -0.39 is 17.8 Å². The molecule has 1 atom stereocenters. The minimum Gasteiger partial charge on any atom is -0.530 e. The summed E-state index contributed by atoms with van der Waals surface area (Å²) in [5.74, 6) is 0.290. The molecule has 0 spiro atoms. The van der Waals surface area contributed by atoms with Crippen LogP contribution in [0.1, 0.15) is 12.0 Å². The topological polar surface area (TPSA) is 68.3 Å². The number of nitrogens with zero attached hydrogens (tertiary/aromatic N) is 2. The Morgan fingerprint density at radius 3 is 2.68 bits per heavy atom. The van der Waals surface area contributed by atoms with E-state index >= 15 is 0 Å². The molecular formula is C11H11F3N3O2-. The number of carboxylic acid groups (broad SMARTS) is 1. The number of amides is 1. The van der Waals surface area contributed by atoms with Crippen LogP contribution >= 0.6 is 0 Å². The Morgan fingerprint density at radius 2 is 2.21 bits per heavy atom. The number of aromatic nitrogens is 1. The first-order valence-corrected chi connectivity index (χ1v) is 5.62. The molecule has 19 heavy (non-hydrogen) atoms. The van der Waals surface area contributed by atoms with Crippen molar-refractivity contribution in [3.63, 3.8) is 0 Å². The number of nitrogens with one attached hydrogen (secondary N) is 1. The Bertz CT molecular complexity index is 461. The van der Waals surface area contributed by atoms with E-state index in [-0.39, 0.29) is 18.4 Å².